The topological polar surface area (TPSA) is 69.6 Å². The van der Waals surface area contributed by atoms with Gasteiger partial charge in [0.2, 0.25) is 5.71 Å². The van der Waals surface area contributed by atoms with E-state index >= 15 is 0 Å². The van der Waals surface area contributed by atoms with Gasteiger partial charge in [0.15, 0.2) is 5.65 Å². The van der Waals surface area contributed by atoms with Crippen LogP contribution in [0.5, 0.6) is 0 Å². The molecular weight excluding hydrogens is 759 g/mol. The number of benzene rings is 4. The van der Waals surface area contributed by atoms with E-state index in [0.717, 1.165) is 72.4 Å². The molecule has 5 heterocycles. The van der Waals surface area contributed by atoms with Gasteiger partial charge in [0.1, 0.15) is 0 Å². The molecule has 229 valence electrons. The van der Waals surface area contributed by atoms with Gasteiger partial charge in [-0.3, -0.25) is 4.98 Å². The van der Waals surface area contributed by atoms with Gasteiger partial charge in [-0.2, -0.15) is 0 Å². The molecule has 0 aliphatic rings. The standard InChI is InChI=1S/C29H19N4O.C11H8N.Ir/c1-17-15-16-23-22-13-8-14-24(26(22)34-29(23)30-17)28-32-27-25(33(28)19-9-4-3-5-10-19)21-12-7-6-11-20(21)18(2)31-27;1-2-6-10(7-3-1)11-8-4-5-9-12-11;/h3-13,15-16H,1-2H3;1-6,8-9H;/q2*-1;. The Balaban J connectivity index is 0.000000228. The predicted octanol–water partition coefficient (Wildman–Crippen LogP) is 9.50. The van der Waals surface area contributed by atoms with Gasteiger partial charge in [0, 0.05) is 59.5 Å². The summed E-state index contributed by atoms with van der Waals surface area (Å²) in [5.41, 5.74) is 8.70. The van der Waals surface area contributed by atoms with Crippen LogP contribution in [0.2, 0.25) is 0 Å². The maximum Gasteiger partial charge on any atom is 0.216 e. The van der Waals surface area contributed by atoms with E-state index in [0.29, 0.717) is 11.4 Å². The van der Waals surface area contributed by atoms with Crippen molar-refractivity contribution in [2.75, 3.05) is 0 Å². The smallest absolute Gasteiger partial charge is 0.216 e. The van der Waals surface area contributed by atoms with Crippen LogP contribution >= 0.6 is 0 Å². The fourth-order valence-electron chi connectivity index (χ4n) is 5.90. The second kappa shape index (κ2) is 12.7. The Morgan fingerprint density at radius 2 is 1.43 bits per heavy atom. The van der Waals surface area contributed by atoms with Crippen molar-refractivity contribution in [2.45, 2.75) is 13.8 Å². The quantitative estimate of drug-likeness (QED) is 0.167. The first-order valence-electron chi connectivity index (χ1n) is 15.1. The molecule has 0 atom stereocenters. The summed E-state index contributed by atoms with van der Waals surface area (Å²) in [5, 5.41) is 4.21. The first-order valence-corrected chi connectivity index (χ1v) is 15.1. The summed E-state index contributed by atoms with van der Waals surface area (Å²) in [4.78, 5) is 18.8. The Kier molecular flexibility index (Phi) is 8.17. The van der Waals surface area contributed by atoms with Crippen molar-refractivity contribution in [3.63, 3.8) is 0 Å². The molecule has 0 unspecified atom stereocenters. The number of fused-ring (bicyclic) bond motifs is 6. The van der Waals surface area contributed by atoms with Crippen molar-refractivity contribution in [1.82, 2.24) is 24.5 Å². The summed E-state index contributed by atoms with van der Waals surface area (Å²) in [5.74, 6) is 0.742. The summed E-state index contributed by atoms with van der Waals surface area (Å²) in [7, 11) is 0. The number of para-hydroxylation sites is 1. The molecule has 0 aliphatic heterocycles. The van der Waals surface area contributed by atoms with Gasteiger partial charge in [-0.05, 0) is 49.9 Å². The van der Waals surface area contributed by atoms with Crippen LogP contribution < -0.4 is 0 Å². The monoisotopic (exact) mass is 786 g/mol. The predicted molar refractivity (Wildman–Crippen MR) is 184 cm³/mol. The van der Waals surface area contributed by atoms with Crippen LogP contribution in [0, 0.1) is 26.0 Å². The Labute approximate surface area is 285 Å². The molecule has 9 rings (SSSR count). The number of aromatic nitrogens is 5. The van der Waals surface area contributed by atoms with E-state index in [2.05, 4.69) is 63.1 Å². The molecular formula is C40H27IrN5O-2. The SMILES string of the molecule is Cc1ccc2c(n1)oc1c(-c3nc4nc(C)c5ccccc5c4n3-c3ccccc3)[c-]ccc12.[Ir].[c-]1ccccc1-c1ccccn1. The zero-order chi connectivity index (χ0) is 31.0. The van der Waals surface area contributed by atoms with Gasteiger partial charge in [-0.15, -0.1) is 54.1 Å². The fraction of sp³-hybridized carbons (Fsp3) is 0.0500. The molecule has 0 fully saturated rings. The fourth-order valence-corrected chi connectivity index (χ4v) is 5.90. The average molecular weight is 786 g/mol. The van der Waals surface area contributed by atoms with Crippen molar-refractivity contribution in [1.29, 1.82) is 0 Å². The molecule has 5 aromatic heterocycles. The third-order valence-corrected chi connectivity index (χ3v) is 8.03. The minimum atomic E-state index is 0. The number of aryl methyl sites for hydroxylation is 2. The molecule has 9 aromatic rings. The Bertz CT molecular complexity index is 2450. The first-order chi connectivity index (χ1) is 22.7. The second-order valence-electron chi connectivity index (χ2n) is 11.0. The zero-order valence-corrected chi connectivity index (χ0v) is 28.0. The van der Waals surface area contributed by atoms with Gasteiger partial charge < -0.3 is 14.0 Å². The van der Waals surface area contributed by atoms with Crippen LogP contribution in [0.15, 0.2) is 132 Å². The van der Waals surface area contributed by atoms with E-state index in [1.54, 1.807) is 6.20 Å². The van der Waals surface area contributed by atoms with E-state index in [1.165, 1.54) is 0 Å². The number of nitrogens with zero attached hydrogens (tertiary/aromatic N) is 5. The molecule has 0 spiro atoms. The van der Waals surface area contributed by atoms with Crippen LogP contribution in [0.4, 0.5) is 0 Å². The van der Waals surface area contributed by atoms with Gasteiger partial charge in [0.05, 0.1) is 16.9 Å². The number of hydrogen-bond acceptors (Lipinski definition) is 5. The largest absolute Gasteiger partial charge is 0.486 e. The molecule has 47 heavy (non-hydrogen) atoms. The van der Waals surface area contributed by atoms with E-state index in [-0.39, 0.29) is 20.1 Å². The Morgan fingerprint density at radius 1 is 0.638 bits per heavy atom. The Morgan fingerprint density at radius 3 is 2.21 bits per heavy atom. The molecule has 0 saturated carbocycles. The number of rotatable bonds is 3. The molecule has 0 amide bonds. The van der Waals surface area contributed by atoms with E-state index < -0.39 is 0 Å². The van der Waals surface area contributed by atoms with Crippen LogP contribution in [0.25, 0.3) is 72.3 Å². The summed E-state index contributed by atoms with van der Waals surface area (Å²) in [6.45, 7) is 4.00. The summed E-state index contributed by atoms with van der Waals surface area (Å²) in [6, 6.07) is 46.8. The minimum Gasteiger partial charge on any atom is -0.486 e. The van der Waals surface area contributed by atoms with Crippen LogP contribution in [-0.2, 0) is 20.1 Å². The van der Waals surface area contributed by atoms with Crippen LogP contribution in [-0.4, -0.2) is 24.5 Å². The summed E-state index contributed by atoms with van der Waals surface area (Å²) >= 11 is 0. The minimum absolute atomic E-state index is 0. The van der Waals surface area contributed by atoms with Crippen molar-refractivity contribution >= 4 is 44.0 Å². The Hall–Kier alpha value is -5.49. The zero-order valence-electron chi connectivity index (χ0n) is 25.6. The summed E-state index contributed by atoms with van der Waals surface area (Å²) < 4.78 is 8.47. The molecule has 0 aliphatic carbocycles. The van der Waals surface area contributed by atoms with E-state index in [4.69, 9.17) is 14.4 Å². The third-order valence-electron chi connectivity index (χ3n) is 8.03. The number of pyridine rings is 3. The molecule has 1 radical (unpaired) electrons. The molecule has 0 saturated heterocycles. The molecule has 0 bridgehead atoms. The first kappa shape index (κ1) is 30.2. The number of furan rings is 1. The number of imidazole rings is 1. The van der Waals surface area contributed by atoms with Crippen molar-refractivity contribution in [3.8, 4) is 28.3 Å². The second-order valence-corrected chi connectivity index (χ2v) is 11.0. The maximum atomic E-state index is 6.30. The van der Waals surface area contributed by atoms with Crippen molar-refractivity contribution < 1.29 is 24.5 Å². The van der Waals surface area contributed by atoms with Gasteiger partial charge in [-0.1, -0.05) is 65.5 Å². The summed E-state index contributed by atoms with van der Waals surface area (Å²) in [6.07, 6.45) is 1.79. The van der Waals surface area contributed by atoms with Crippen molar-refractivity contribution in [3.05, 3.63) is 151 Å². The normalized spacial score (nSPS) is 11.0. The van der Waals surface area contributed by atoms with Crippen molar-refractivity contribution in [2.24, 2.45) is 0 Å². The van der Waals surface area contributed by atoms with Gasteiger partial charge >= 0.3 is 0 Å². The molecule has 0 N–H and O–H groups in total. The molecule has 7 heteroatoms. The van der Waals surface area contributed by atoms with Gasteiger partial charge in [-0.25, -0.2) is 9.97 Å². The van der Waals surface area contributed by atoms with E-state index in [9.17, 15) is 0 Å². The molecule has 6 nitrogen and oxygen atoms in total. The molecule has 4 aromatic carbocycles. The maximum absolute atomic E-state index is 6.30. The number of hydrogen-bond donors (Lipinski definition) is 0. The third kappa shape index (κ3) is 5.50. The van der Waals surface area contributed by atoms with Crippen LogP contribution in [0.1, 0.15) is 11.4 Å². The van der Waals surface area contributed by atoms with E-state index in [1.807, 2.05) is 98.8 Å². The average Bonchev–Trinajstić information content (AvgIpc) is 3.68. The van der Waals surface area contributed by atoms with Gasteiger partial charge in [0.25, 0.3) is 0 Å². The van der Waals surface area contributed by atoms with Crippen LogP contribution in [0.3, 0.4) is 0 Å².